The zero-order chi connectivity index (χ0) is 15.8. The lowest BCUT2D eigenvalue weighted by Crippen LogP contribution is -2.39. The molecule has 0 aliphatic carbocycles. The van der Waals surface area contributed by atoms with Crippen LogP contribution in [0.4, 0.5) is 5.69 Å². The number of para-hydroxylation sites is 1. The zero-order valence-corrected chi connectivity index (χ0v) is 12.2. The topological polar surface area (TPSA) is 74.2 Å². The molecule has 0 saturated carbocycles. The molecule has 2 aromatic carbocycles. The van der Waals surface area contributed by atoms with Gasteiger partial charge in [-0.15, -0.1) is 0 Å². The Balaban J connectivity index is 1.63. The van der Waals surface area contributed by atoms with E-state index in [4.69, 9.17) is 9.47 Å². The Kier molecular flexibility index (Phi) is 3.42. The van der Waals surface area contributed by atoms with E-state index in [0.29, 0.717) is 17.1 Å². The van der Waals surface area contributed by atoms with Crippen LogP contribution < -0.4 is 19.9 Å². The van der Waals surface area contributed by atoms with Gasteiger partial charge in [0.15, 0.2) is 17.7 Å². The second-order valence-electron chi connectivity index (χ2n) is 5.37. The molecule has 2 aliphatic heterocycles. The third-order valence-corrected chi connectivity index (χ3v) is 3.88. The predicted molar refractivity (Wildman–Crippen MR) is 84.6 cm³/mol. The Morgan fingerprint density at radius 3 is 2.65 bits per heavy atom. The predicted octanol–water partition coefficient (Wildman–Crippen LogP) is 1.46. The van der Waals surface area contributed by atoms with Gasteiger partial charge in [-0.1, -0.05) is 24.3 Å². The van der Waals surface area contributed by atoms with Crippen LogP contribution in [0.5, 0.6) is 11.5 Å². The smallest absolute Gasteiger partial charge is 0.231 e. The molecule has 6 nitrogen and oxygen atoms in total. The van der Waals surface area contributed by atoms with Crippen molar-refractivity contribution in [2.75, 3.05) is 11.8 Å². The van der Waals surface area contributed by atoms with Gasteiger partial charge in [0.2, 0.25) is 6.79 Å². The number of hydrazine groups is 1. The molecule has 1 fully saturated rings. The Labute approximate surface area is 133 Å². The lowest BCUT2D eigenvalue weighted by atomic mass is 10.1. The van der Waals surface area contributed by atoms with Crippen LogP contribution >= 0.6 is 0 Å². The number of hydrogen-bond acceptors (Lipinski definition) is 6. The first-order chi connectivity index (χ1) is 11.2. The zero-order valence-electron chi connectivity index (χ0n) is 12.2. The molecule has 0 spiro atoms. The highest BCUT2D eigenvalue weighted by Gasteiger charge is 2.34. The van der Waals surface area contributed by atoms with Gasteiger partial charge in [-0.3, -0.25) is 5.01 Å². The van der Waals surface area contributed by atoms with Crippen LogP contribution in [0.3, 0.4) is 0 Å². The number of hydrogen-bond donors (Lipinski definition) is 3. The third kappa shape index (κ3) is 2.53. The van der Waals surface area contributed by atoms with Gasteiger partial charge in [-0.25, -0.2) is 0 Å². The molecule has 0 amide bonds. The normalized spacial score (nSPS) is 24.4. The van der Waals surface area contributed by atoms with E-state index in [1.54, 1.807) is 6.08 Å². The van der Waals surface area contributed by atoms with Gasteiger partial charge in [-0.2, -0.15) is 5.43 Å². The highest BCUT2D eigenvalue weighted by atomic mass is 16.7. The molecule has 2 aromatic rings. The number of aliphatic hydroxyl groups is 2. The van der Waals surface area contributed by atoms with Crippen LogP contribution in [-0.2, 0) is 0 Å². The van der Waals surface area contributed by atoms with Crippen molar-refractivity contribution in [2.24, 2.45) is 0 Å². The molecule has 23 heavy (non-hydrogen) atoms. The summed E-state index contributed by atoms with van der Waals surface area (Å²) in [5, 5.41) is 22.2. The van der Waals surface area contributed by atoms with Crippen molar-refractivity contribution in [2.45, 2.75) is 12.5 Å². The fourth-order valence-corrected chi connectivity index (χ4v) is 2.72. The molecule has 2 unspecified atom stereocenters. The fourth-order valence-electron chi connectivity index (χ4n) is 2.72. The Morgan fingerprint density at radius 2 is 1.83 bits per heavy atom. The summed E-state index contributed by atoms with van der Waals surface area (Å²) < 4.78 is 10.6. The number of nitrogens with zero attached hydrogens (tertiary/aromatic N) is 1. The molecule has 0 aromatic heterocycles. The minimum Gasteiger partial charge on any atom is -0.454 e. The van der Waals surface area contributed by atoms with E-state index in [1.807, 2.05) is 48.5 Å². The van der Waals surface area contributed by atoms with Gasteiger partial charge in [0.05, 0.1) is 5.69 Å². The van der Waals surface area contributed by atoms with E-state index in [1.165, 1.54) is 5.01 Å². The molecule has 1 saturated heterocycles. The van der Waals surface area contributed by atoms with Gasteiger partial charge in [0, 0.05) is 5.57 Å². The average Bonchev–Trinajstić information content (AvgIpc) is 3.15. The Morgan fingerprint density at radius 1 is 1.04 bits per heavy atom. The maximum Gasteiger partial charge on any atom is 0.231 e. The lowest BCUT2D eigenvalue weighted by Gasteiger charge is -2.21. The van der Waals surface area contributed by atoms with E-state index in [-0.39, 0.29) is 6.79 Å². The third-order valence-electron chi connectivity index (χ3n) is 3.88. The van der Waals surface area contributed by atoms with Crippen LogP contribution in [0.25, 0.3) is 6.08 Å². The first-order valence-corrected chi connectivity index (χ1v) is 7.30. The fraction of sp³-hybridized carbons (Fsp3) is 0.176. The second kappa shape index (κ2) is 5.58. The van der Waals surface area contributed by atoms with Crippen molar-refractivity contribution in [3.05, 3.63) is 59.7 Å². The maximum atomic E-state index is 10.5. The van der Waals surface area contributed by atoms with Gasteiger partial charge in [0.25, 0.3) is 0 Å². The summed E-state index contributed by atoms with van der Waals surface area (Å²) in [5.74, 6) is 1.36. The van der Waals surface area contributed by atoms with Gasteiger partial charge < -0.3 is 19.7 Å². The van der Waals surface area contributed by atoms with E-state index < -0.39 is 12.5 Å². The van der Waals surface area contributed by atoms with E-state index in [9.17, 15) is 10.2 Å². The largest absolute Gasteiger partial charge is 0.454 e. The molecule has 2 aliphatic rings. The van der Waals surface area contributed by atoms with Crippen molar-refractivity contribution in [3.63, 3.8) is 0 Å². The molecule has 0 radical (unpaired) electrons. The number of benzene rings is 2. The van der Waals surface area contributed by atoms with Gasteiger partial charge in [0.1, 0.15) is 6.23 Å². The molecule has 3 N–H and O–H groups in total. The molecule has 0 bridgehead atoms. The van der Waals surface area contributed by atoms with Crippen LogP contribution in [0, 0.1) is 0 Å². The number of rotatable bonds is 2. The van der Waals surface area contributed by atoms with Crippen molar-refractivity contribution in [3.8, 4) is 11.5 Å². The SMILES string of the molecule is OC1NN(c2ccccc2)C(O)C1=Cc1ccc2c(c1)OCO2. The van der Waals surface area contributed by atoms with Crippen LogP contribution in [-0.4, -0.2) is 29.5 Å². The molecule has 6 heteroatoms. The number of fused-ring (bicyclic) bond motifs is 1. The van der Waals surface area contributed by atoms with Crippen LogP contribution in [0.2, 0.25) is 0 Å². The monoisotopic (exact) mass is 312 g/mol. The summed E-state index contributed by atoms with van der Waals surface area (Å²) in [4.78, 5) is 0. The van der Waals surface area contributed by atoms with E-state index in [2.05, 4.69) is 5.43 Å². The standard InChI is InChI=1S/C17H16N2O4/c20-16-13(8-11-6-7-14-15(9-11)23-10-22-14)17(21)19(18-16)12-4-2-1-3-5-12/h1-9,16-18,20-21H,10H2. The van der Waals surface area contributed by atoms with E-state index in [0.717, 1.165) is 11.3 Å². The minimum absolute atomic E-state index is 0.212. The van der Waals surface area contributed by atoms with E-state index >= 15 is 0 Å². The minimum atomic E-state index is -0.962. The Hall–Kier alpha value is -2.54. The Bertz CT molecular complexity index is 748. The number of nitrogens with one attached hydrogen (secondary N) is 1. The summed E-state index contributed by atoms with van der Waals surface area (Å²) in [6.45, 7) is 0.212. The molecular weight excluding hydrogens is 296 g/mol. The average molecular weight is 312 g/mol. The number of aliphatic hydroxyl groups excluding tert-OH is 2. The van der Waals surface area contributed by atoms with Gasteiger partial charge >= 0.3 is 0 Å². The molecule has 2 heterocycles. The van der Waals surface area contributed by atoms with Crippen molar-refractivity contribution in [1.29, 1.82) is 0 Å². The lowest BCUT2D eigenvalue weighted by molar-refractivity contribution is 0.174. The molecule has 118 valence electrons. The first kappa shape index (κ1) is 14.1. The first-order valence-electron chi connectivity index (χ1n) is 7.30. The summed E-state index contributed by atoms with van der Waals surface area (Å²) >= 11 is 0. The van der Waals surface area contributed by atoms with Crippen molar-refractivity contribution >= 4 is 11.8 Å². The molecular formula is C17H16N2O4. The molecule has 2 atom stereocenters. The quantitative estimate of drug-likeness (QED) is 0.780. The van der Waals surface area contributed by atoms with Crippen molar-refractivity contribution < 1.29 is 19.7 Å². The van der Waals surface area contributed by atoms with Gasteiger partial charge in [-0.05, 0) is 35.9 Å². The highest BCUT2D eigenvalue weighted by Crippen LogP contribution is 2.34. The van der Waals surface area contributed by atoms with Crippen LogP contribution in [0.15, 0.2) is 54.1 Å². The van der Waals surface area contributed by atoms with Crippen molar-refractivity contribution in [1.82, 2.24) is 5.43 Å². The maximum absolute atomic E-state index is 10.5. The number of ether oxygens (including phenoxy) is 2. The summed E-state index contributed by atoms with van der Waals surface area (Å²) in [6.07, 6.45) is -0.179. The van der Waals surface area contributed by atoms with Crippen LogP contribution in [0.1, 0.15) is 5.56 Å². The molecule has 4 rings (SSSR count). The summed E-state index contributed by atoms with van der Waals surface area (Å²) in [7, 11) is 0. The second-order valence-corrected chi connectivity index (χ2v) is 5.37. The summed E-state index contributed by atoms with van der Waals surface area (Å²) in [6, 6.07) is 14.8. The highest BCUT2D eigenvalue weighted by molar-refractivity contribution is 5.62. The summed E-state index contributed by atoms with van der Waals surface area (Å²) in [5.41, 5.74) is 4.91. The number of anilines is 1.